The molecule has 3 aromatic rings. The lowest BCUT2D eigenvalue weighted by molar-refractivity contribution is 0.0998. The van der Waals surface area contributed by atoms with Crippen LogP contribution in [0, 0.1) is 0 Å². The highest BCUT2D eigenvalue weighted by Gasteiger charge is 2.22. The van der Waals surface area contributed by atoms with E-state index in [0.717, 1.165) is 32.9 Å². The molecule has 0 radical (unpaired) electrons. The van der Waals surface area contributed by atoms with Gasteiger partial charge in [-0.1, -0.05) is 43.5 Å². The normalized spacial score (nSPS) is 15.0. The van der Waals surface area contributed by atoms with Crippen LogP contribution in [0.4, 0.5) is 5.69 Å². The highest BCUT2D eigenvalue weighted by atomic mass is 32.2. The van der Waals surface area contributed by atoms with Crippen LogP contribution in [-0.4, -0.2) is 17.4 Å². The number of benzene rings is 2. The molecular weight excluding hydrogens is 386 g/mol. The van der Waals surface area contributed by atoms with Crippen molar-refractivity contribution in [2.24, 2.45) is 0 Å². The van der Waals surface area contributed by atoms with Crippen LogP contribution in [0.2, 0.25) is 0 Å². The summed E-state index contributed by atoms with van der Waals surface area (Å²) in [5, 5.41) is 4.76. The van der Waals surface area contributed by atoms with Crippen LogP contribution in [0.1, 0.15) is 48.2 Å². The first-order chi connectivity index (χ1) is 13.7. The van der Waals surface area contributed by atoms with E-state index in [2.05, 4.69) is 11.4 Å². The minimum atomic E-state index is -0.173. The molecule has 1 saturated carbocycles. The van der Waals surface area contributed by atoms with Gasteiger partial charge in [0.25, 0.3) is 5.91 Å². The number of thioether (sulfide) groups is 2. The average Bonchev–Trinajstić information content (AvgIpc) is 3.12. The number of furan rings is 1. The molecule has 0 spiro atoms. The van der Waals surface area contributed by atoms with Crippen LogP contribution in [-0.2, 0) is 5.75 Å². The number of rotatable bonds is 6. The summed E-state index contributed by atoms with van der Waals surface area (Å²) in [5.41, 5.74) is 2.60. The van der Waals surface area contributed by atoms with Gasteiger partial charge in [0.15, 0.2) is 5.76 Å². The Morgan fingerprint density at radius 3 is 2.75 bits per heavy atom. The Morgan fingerprint density at radius 1 is 1.11 bits per heavy atom. The van der Waals surface area contributed by atoms with Gasteiger partial charge in [-0.2, -0.15) is 11.8 Å². The molecule has 0 aliphatic heterocycles. The fourth-order valence-electron chi connectivity index (χ4n) is 3.75. The van der Waals surface area contributed by atoms with Gasteiger partial charge in [0, 0.05) is 32.5 Å². The third-order valence-electron chi connectivity index (χ3n) is 5.25. The number of amides is 1. The first-order valence-corrected chi connectivity index (χ1v) is 12.1. The van der Waals surface area contributed by atoms with Gasteiger partial charge in [0.2, 0.25) is 0 Å². The van der Waals surface area contributed by atoms with Crippen molar-refractivity contribution in [3.63, 3.8) is 0 Å². The smallest absolute Gasteiger partial charge is 0.291 e. The maximum atomic E-state index is 13.0. The molecule has 4 rings (SSSR count). The molecule has 5 heteroatoms. The Labute approximate surface area is 174 Å². The Bertz CT molecular complexity index is 960. The molecule has 146 valence electrons. The zero-order chi connectivity index (χ0) is 19.3. The van der Waals surface area contributed by atoms with Crippen LogP contribution in [0.15, 0.2) is 57.8 Å². The van der Waals surface area contributed by atoms with E-state index in [1.807, 2.05) is 60.5 Å². The van der Waals surface area contributed by atoms with Gasteiger partial charge in [-0.25, -0.2) is 0 Å². The van der Waals surface area contributed by atoms with E-state index in [4.69, 9.17) is 4.42 Å². The van der Waals surface area contributed by atoms with E-state index < -0.39 is 0 Å². The van der Waals surface area contributed by atoms with E-state index >= 15 is 0 Å². The molecule has 1 aliphatic rings. The minimum absolute atomic E-state index is 0.173. The molecule has 2 aromatic carbocycles. The molecule has 1 N–H and O–H groups in total. The summed E-state index contributed by atoms with van der Waals surface area (Å²) in [6.45, 7) is 0. The van der Waals surface area contributed by atoms with Crippen molar-refractivity contribution < 1.29 is 9.21 Å². The number of fused-ring (bicyclic) bond motifs is 1. The lowest BCUT2D eigenvalue weighted by Gasteiger charge is -2.20. The quantitative estimate of drug-likeness (QED) is 0.445. The monoisotopic (exact) mass is 411 g/mol. The van der Waals surface area contributed by atoms with Crippen LogP contribution in [0.25, 0.3) is 11.0 Å². The van der Waals surface area contributed by atoms with Crippen LogP contribution >= 0.6 is 23.5 Å². The number of hydrogen-bond donors (Lipinski definition) is 1. The van der Waals surface area contributed by atoms with Crippen molar-refractivity contribution in [3.8, 4) is 0 Å². The summed E-state index contributed by atoms with van der Waals surface area (Å²) in [7, 11) is 0. The Hall–Kier alpha value is -1.85. The van der Waals surface area contributed by atoms with Crippen molar-refractivity contribution in [3.05, 3.63) is 59.9 Å². The van der Waals surface area contributed by atoms with Crippen LogP contribution in [0.3, 0.4) is 0 Å². The third kappa shape index (κ3) is 4.41. The molecule has 1 aliphatic carbocycles. The Balaban J connectivity index is 1.58. The Morgan fingerprint density at radius 2 is 1.93 bits per heavy atom. The van der Waals surface area contributed by atoms with Crippen molar-refractivity contribution in [2.75, 3.05) is 11.6 Å². The highest BCUT2D eigenvalue weighted by molar-refractivity contribution is 7.99. The summed E-state index contributed by atoms with van der Waals surface area (Å²) in [6.07, 6.45) is 8.59. The minimum Gasteiger partial charge on any atom is -0.451 e. The molecule has 0 unspecified atom stereocenters. The lowest BCUT2D eigenvalue weighted by Crippen LogP contribution is -2.13. The van der Waals surface area contributed by atoms with Crippen LogP contribution < -0.4 is 5.32 Å². The van der Waals surface area contributed by atoms with Crippen LogP contribution in [0.5, 0.6) is 0 Å². The van der Waals surface area contributed by atoms with Crippen molar-refractivity contribution in [1.29, 1.82) is 0 Å². The van der Waals surface area contributed by atoms with E-state index in [9.17, 15) is 4.79 Å². The number of carbonyl (C=O) groups excluding carboxylic acids is 1. The van der Waals surface area contributed by atoms with Gasteiger partial charge in [0.05, 0.1) is 0 Å². The number of nitrogens with one attached hydrogen (secondary N) is 1. The van der Waals surface area contributed by atoms with Gasteiger partial charge < -0.3 is 9.73 Å². The second-order valence-electron chi connectivity index (χ2n) is 7.16. The fraction of sp³-hybridized carbons (Fsp3) is 0.348. The first kappa shape index (κ1) is 19.5. The van der Waals surface area contributed by atoms with E-state index in [-0.39, 0.29) is 5.91 Å². The topological polar surface area (TPSA) is 42.2 Å². The lowest BCUT2D eigenvalue weighted by atomic mass is 10.0. The molecule has 0 atom stereocenters. The molecule has 1 aromatic heterocycles. The highest BCUT2D eigenvalue weighted by Crippen LogP contribution is 2.35. The molecule has 1 heterocycles. The fourth-order valence-corrected chi connectivity index (χ4v) is 5.56. The zero-order valence-corrected chi connectivity index (χ0v) is 17.7. The standard InChI is InChI=1S/C23H25NO2S2/c1-27-18-11-7-8-16(14-18)24-23(25)22-20(15-28-17-9-3-2-4-10-17)19-12-5-6-13-21(19)26-22/h5-8,11-14,17H,2-4,9-10,15H2,1H3,(H,24,25). The van der Waals surface area contributed by atoms with Gasteiger partial charge in [0.1, 0.15) is 5.58 Å². The zero-order valence-electron chi connectivity index (χ0n) is 16.1. The van der Waals surface area contributed by atoms with Crippen molar-refractivity contribution in [1.82, 2.24) is 0 Å². The van der Waals surface area contributed by atoms with E-state index in [0.29, 0.717) is 11.0 Å². The largest absolute Gasteiger partial charge is 0.451 e. The summed E-state index contributed by atoms with van der Waals surface area (Å²) in [6, 6.07) is 15.9. The van der Waals surface area contributed by atoms with Gasteiger partial charge in [-0.15, -0.1) is 11.8 Å². The molecule has 1 amide bonds. The van der Waals surface area contributed by atoms with Crippen molar-refractivity contribution >= 4 is 46.1 Å². The maximum Gasteiger partial charge on any atom is 0.291 e. The molecule has 0 saturated heterocycles. The Kier molecular flexibility index (Phi) is 6.33. The molecule has 0 bridgehead atoms. The number of carbonyl (C=O) groups is 1. The van der Waals surface area contributed by atoms with Gasteiger partial charge >= 0.3 is 0 Å². The van der Waals surface area contributed by atoms with E-state index in [1.165, 1.54) is 32.1 Å². The second-order valence-corrected chi connectivity index (χ2v) is 9.33. The summed E-state index contributed by atoms with van der Waals surface area (Å²) in [5.74, 6) is 1.09. The second kappa shape index (κ2) is 9.10. The van der Waals surface area contributed by atoms with Gasteiger partial charge in [-0.3, -0.25) is 4.79 Å². The summed E-state index contributed by atoms with van der Waals surface area (Å²) >= 11 is 3.63. The number of hydrogen-bond acceptors (Lipinski definition) is 4. The third-order valence-corrected chi connectivity index (χ3v) is 7.37. The number of para-hydroxylation sites is 1. The maximum absolute atomic E-state index is 13.0. The summed E-state index contributed by atoms with van der Waals surface area (Å²) in [4.78, 5) is 14.2. The summed E-state index contributed by atoms with van der Waals surface area (Å²) < 4.78 is 6.00. The molecule has 1 fully saturated rings. The van der Waals surface area contributed by atoms with E-state index in [1.54, 1.807) is 11.8 Å². The first-order valence-electron chi connectivity index (χ1n) is 9.82. The predicted octanol–water partition coefficient (Wildman–Crippen LogP) is 6.97. The molecule has 3 nitrogen and oxygen atoms in total. The SMILES string of the molecule is CSc1cccc(NC(=O)c2oc3ccccc3c2CSC2CCCCC2)c1. The van der Waals surface area contributed by atoms with Gasteiger partial charge in [-0.05, 0) is 43.4 Å². The molecular formula is C23H25NO2S2. The van der Waals surface area contributed by atoms with Crippen molar-refractivity contribution in [2.45, 2.75) is 48.0 Å². The average molecular weight is 412 g/mol. The number of anilines is 1. The predicted molar refractivity (Wildman–Crippen MR) is 121 cm³/mol. The molecule has 28 heavy (non-hydrogen) atoms.